The molecule has 0 bridgehead atoms. The largest absolute Gasteiger partial charge is 0.496 e. The molecule has 1 aliphatic heterocycles. The molecule has 4 heteroatoms. The van der Waals surface area contributed by atoms with Crippen LogP contribution in [0, 0.1) is 0 Å². The first-order chi connectivity index (χ1) is 12.8. The first kappa shape index (κ1) is 19.4. The molecule has 144 valence electrons. The van der Waals surface area contributed by atoms with Gasteiger partial charge < -0.3 is 10.1 Å². The van der Waals surface area contributed by atoms with Gasteiger partial charge in [0.2, 0.25) is 0 Å². The molecule has 2 aromatic carbocycles. The lowest BCUT2D eigenvalue weighted by Crippen LogP contribution is -2.19. The molecule has 4 nitrogen and oxygen atoms in total. The van der Waals surface area contributed by atoms with E-state index in [0.717, 1.165) is 24.2 Å². The number of nitrogens with zero attached hydrogens (tertiary/aromatic N) is 1. The van der Waals surface area contributed by atoms with Crippen LogP contribution in [-0.2, 0) is 5.41 Å². The van der Waals surface area contributed by atoms with E-state index in [9.17, 15) is 4.79 Å². The van der Waals surface area contributed by atoms with Crippen molar-refractivity contribution in [3.05, 3.63) is 59.2 Å². The number of rotatable bonds is 4. The number of amides is 1. The number of ether oxygens (including phenoxy) is 1. The highest BCUT2D eigenvalue weighted by Gasteiger charge is 2.25. The molecule has 1 aliphatic rings. The summed E-state index contributed by atoms with van der Waals surface area (Å²) in [6.07, 6.45) is 2.38. The van der Waals surface area contributed by atoms with Crippen molar-refractivity contribution in [2.75, 3.05) is 26.0 Å². The molecule has 1 amide bonds. The molecule has 27 heavy (non-hydrogen) atoms. The minimum atomic E-state index is -0.144. The second-order valence-electron chi connectivity index (χ2n) is 8.35. The molecular formula is C23H30N2O2. The van der Waals surface area contributed by atoms with Crippen molar-refractivity contribution >= 4 is 11.6 Å². The molecule has 2 aromatic rings. The zero-order valence-corrected chi connectivity index (χ0v) is 17.0. The second kappa shape index (κ2) is 7.73. The van der Waals surface area contributed by atoms with Crippen molar-refractivity contribution in [2.24, 2.45) is 0 Å². The zero-order chi connectivity index (χ0) is 19.6. The number of hydrogen-bond donors (Lipinski definition) is 1. The van der Waals surface area contributed by atoms with Crippen LogP contribution in [0.4, 0.5) is 5.69 Å². The fourth-order valence-corrected chi connectivity index (χ4v) is 3.88. The van der Waals surface area contributed by atoms with Crippen LogP contribution in [0.15, 0.2) is 42.5 Å². The number of para-hydroxylation sites is 1. The SMILES string of the molecule is COc1c(C(=O)Nc2cccc(C3CCCN3C)c2)cccc1C(C)(C)C. The van der Waals surface area contributed by atoms with E-state index in [1.54, 1.807) is 7.11 Å². The van der Waals surface area contributed by atoms with Gasteiger partial charge in [0.15, 0.2) is 0 Å². The molecule has 1 atom stereocenters. The van der Waals surface area contributed by atoms with Gasteiger partial charge in [0.1, 0.15) is 5.75 Å². The summed E-state index contributed by atoms with van der Waals surface area (Å²) in [5, 5.41) is 3.05. The van der Waals surface area contributed by atoms with Crippen LogP contribution in [0.2, 0.25) is 0 Å². The van der Waals surface area contributed by atoms with E-state index in [2.05, 4.69) is 50.2 Å². The van der Waals surface area contributed by atoms with E-state index >= 15 is 0 Å². The van der Waals surface area contributed by atoms with Gasteiger partial charge in [-0.1, -0.05) is 45.0 Å². The van der Waals surface area contributed by atoms with Crippen LogP contribution in [-0.4, -0.2) is 31.5 Å². The van der Waals surface area contributed by atoms with Crippen molar-refractivity contribution in [2.45, 2.75) is 45.1 Å². The van der Waals surface area contributed by atoms with Crippen molar-refractivity contribution in [1.29, 1.82) is 0 Å². The lowest BCUT2D eigenvalue weighted by atomic mass is 9.85. The van der Waals surface area contributed by atoms with E-state index < -0.39 is 0 Å². The predicted molar refractivity (Wildman–Crippen MR) is 111 cm³/mol. The molecule has 1 unspecified atom stereocenters. The van der Waals surface area contributed by atoms with Gasteiger partial charge in [-0.3, -0.25) is 9.69 Å². The van der Waals surface area contributed by atoms with E-state index in [1.807, 2.05) is 30.3 Å². The third-order valence-electron chi connectivity index (χ3n) is 5.32. The van der Waals surface area contributed by atoms with E-state index in [0.29, 0.717) is 17.4 Å². The van der Waals surface area contributed by atoms with Gasteiger partial charge >= 0.3 is 0 Å². The summed E-state index contributed by atoms with van der Waals surface area (Å²) in [5.74, 6) is 0.504. The Bertz CT molecular complexity index is 823. The highest BCUT2D eigenvalue weighted by atomic mass is 16.5. The van der Waals surface area contributed by atoms with Gasteiger partial charge in [0.25, 0.3) is 5.91 Å². The Hall–Kier alpha value is -2.33. The van der Waals surface area contributed by atoms with Crippen molar-refractivity contribution in [1.82, 2.24) is 4.90 Å². The molecule has 0 saturated carbocycles. The summed E-state index contributed by atoms with van der Waals surface area (Å²) in [5.41, 5.74) is 3.56. The third-order valence-corrected chi connectivity index (χ3v) is 5.32. The maximum atomic E-state index is 13.0. The molecular weight excluding hydrogens is 336 g/mol. The van der Waals surface area contributed by atoms with Crippen molar-refractivity contribution < 1.29 is 9.53 Å². The summed E-state index contributed by atoms with van der Waals surface area (Å²) in [6, 6.07) is 14.4. The Balaban J connectivity index is 1.86. The normalized spacial score (nSPS) is 17.7. The maximum Gasteiger partial charge on any atom is 0.259 e. The summed E-state index contributed by atoms with van der Waals surface area (Å²) in [4.78, 5) is 15.3. The molecule has 0 spiro atoms. The maximum absolute atomic E-state index is 13.0. The molecule has 1 heterocycles. The minimum absolute atomic E-state index is 0.103. The van der Waals surface area contributed by atoms with Crippen LogP contribution in [0.3, 0.4) is 0 Å². The Labute approximate surface area is 162 Å². The third kappa shape index (κ3) is 4.16. The summed E-state index contributed by atoms with van der Waals surface area (Å²) in [7, 11) is 3.78. The van der Waals surface area contributed by atoms with Crippen LogP contribution < -0.4 is 10.1 Å². The smallest absolute Gasteiger partial charge is 0.259 e. The molecule has 1 saturated heterocycles. The number of carbonyl (C=O) groups is 1. The van der Waals surface area contributed by atoms with E-state index in [-0.39, 0.29) is 11.3 Å². The second-order valence-corrected chi connectivity index (χ2v) is 8.35. The predicted octanol–water partition coefficient (Wildman–Crippen LogP) is 5.01. The molecule has 3 rings (SSSR count). The Morgan fingerprint density at radius 2 is 1.93 bits per heavy atom. The molecule has 0 aliphatic carbocycles. The number of anilines is 1. The minimum Gasteiger partial charge on any atom is -0.496 e. The number of methoxy groups -OCH3 is 1. The fraction of sp³-hybridized carbons (Fsp3) is 0.435. The lowest BCUT2D eigenvalue weighted by Gasteiger charge is -2.23. The van der Waals surface area contributed by atoms with Crippen LogP contribution in [0.25, 0.3) is 0 Å². The number of hydrogen-bond acceptors (Lipinski definition) is 3. The highest BCUT2D eigenvalue weighted by Crippen LogP contribution is 2.35. The van der Waals surface area contributed by atoms with Crippen molar-refractivity contribution in [3.63, 3.8) is 0 Å². The Morgan fingerprint density at radius 3 is 2.56 bits per heavy atom. The number of carbonyl (C=O) groups excluding carboxylic acids is 1. The van der Waals surface area contributed by atoms with Gasteiger partial charge in [0.05, 0.1) is 12.7 Å². The average Bonchev–Trinajstić information content (AvgIpc) is 3.06. The first-order valence-electron chi connectivity index (χ1n) is 9.60. The highest BCUT2D eigenvalue weighted by molar-refractivity contribution is 6.06. The quantitative estimate of drug-likeness (QED) is 0.827. The first-order valence-corrected chi connectivity index (χ1v) is 9.60. The van der Waals surface area contributed by atoms with E-state index in [1.165, 1.54) is 12.0 Å². The van der Waals surface area contributed by atoms with Crippen LogP contribution in [0.1, 0.15) is 61.1 Å². The Kier molecular flexibility index (Phi) is 5.56. The average molecular weight is 367 g/mol. The fourth-order valence-electron chi connectivity index (χ4n) is 3.88. The molecule has 1 fully saturated rings. The van der Waals surface area contributed by atoms with Crippen LogP contribution in [0.5, 0.6) is 5.75 Å². The number of nitrogens with one attached hydrogen (secondary N) is 1. The van der Waals surface area contributed by atoms with Crippen LogP contribution >= 0.6 is 0 Å². The zero-order valence-electron chi connectivity index (χ0n) is 17.0. The number of likely N-dealkylation sites (tertiary alicyclic amines) is 1. The van der Waals surface area contributed by atoms with Gasteiger partial charge in [-0.2, -0.15) is 0 Å². The van der Waals surface area contributed by atoms with Gasteiger partial charge in [0, 0.05) is 17.3 Å². The van der Waals surface area contributed by atoms with Gasteiger partial charge in [-0.05, 0) is 55.6 Å². The lowest BCUT2D eigenvalue weighted by molar-refractivity contribution is 0.102. The topological polar surface area (TPSA) is 41.6 Å². The number of benzene rings is 2. The summed E-state index contributed by atoms with van der Waals surface area (Å²) < 4.78 is 5.61. The van der Waals surface area contributed by atoms with Crippen molar-refractivity contribution in [3.8, 4) is 5.75 Å². The molecule has 1 N–H and O–H groups in total. The van der Waals surface area contributed by atoms with Gasteiger partial charge in [-0.15, -0.1) is 0 Å². The summed E-state index contributed by atoms with van der Waals surface area (Å²) in [6.45, 7) is 7.48. The standard InChI is InChI=1S/C23H30N2O2/c1-23(2,3)19-12-7-11-18(21(19)27-5)22(26)24-17-10-6-9-16(15-17)20-13-8-14-25(20)4/h6-7,9-12,15,20H,8,13-14H2,1-5H3,(H,24,26). The monoisotopic (exact) mass is 366 g/mol. The van der Waals surface area contributed by atoms with E-state index in [4.69, 9.17) is 4.74 Å². The van der Waals surface area contributed by atoms with Gasteiger partial charge in [-0.25, -0.2) is 0 Å². The summed E-state index contributed by atoms with van der Waals surface area (Å²) >= 11 is 0. The molecule has 0 radical (unpaired) electrons. The Morgan fingerprint density at radius 1 is 1.19 bits per heavy atom. The molecule has 0 aromatic heterocycles.